The molecular weight excluding hydrogens is 282 g/mol. The minimum Gasteiger partial charge on any atom is -0.309 e. The molecule has 0 fully saturated rings. The van der Waals surface area contributed by atoms with Gasteiger partial charge in [0.15, 0.2) is 0 Å². The van der Waals surface area contributed by atoms with E-state index < -0.39 is 0 Å². The number of thiophene rings is 1. The molecular formula is C14H16ClNS2. The van der Waals surface area contributed by atoms with Crippen molar-refractivity contribution >= 4 is 34.7 Å². The third kappa shape index (κ3) is 3.75. The van der Waals surface area contributed by atoms with Crippen LogP contribution in [0.3, 0.4) is 0 Å². The van der Waals surface area contributed by atoms with E-state index in [2.05, 4.69) is 35.1 Å². The first-order valence-electron chi connectivity index (χ1n) is 5.94. The molecule has 1 aromatic heterocycles. The Kier molecular flexibility index (Phi) is 5.57. The summed E-state index contributed by atoms with van der Waals surface area (Å²) in [6.45, 7) is 3.11. The Morgan fingerprint density at radius 1 is 1.33 bits per heavy atom. The number of hydrogen-bond acceptors (Lipinski definition) is 3. The monoisotopic (exact) mass is 297 g/mol. The average molecular weight is 298 g/mol. The van der Waals surface area contributed by atoms with Crippen LogP contribution >= 0.6 is 34.7 Å². The topological polar surface area (TPSA) is 12.0 Å². The van der Waals surface area contributed by atoms with E-state index in [1.54, 1.807) is 23.1 Å². The van der Waals surface area contributed by atoms with E-state index in [9.17, 15) is 0 Å². The van der Waals surface area contributed by atoms with Crippen molar-refractivity contribution in [2.24, 2.45) is 0 Å². The molecule has 0 saturated heterocycles. The summed E-state index contributed by atoms with van der Waals surface area (Å²) in [4.78, 5) is 1.15. The maximum absolute atomic E-state index is 6.17. The molecule has 0 aliphatic rings. The summed E-state index contributed by atoms with van der Waals surface area (Å²) in [5, 5.41) is 8.69. The van der Waals surface area contributed by atoms with Crippen LogP contribution in [-0.4, -0.2) is 12.3 Å². The largest absolute Gasteiger partial charge is 0.309 e. The number of nitrogens with one attached hydrogen (secondary N) is 1. The Balaban J connectivity index is 2.00. The third-order valence-corrected chi connectivity index (χ3v) is 4.95. The second-order valence-corrected chi connectivity index (χ2v) is 6.16. The number of thioether (sulfide) groups is 1. The van der Waals surface area contributed by atoms with Crippen molar-refractivity contribution in [3.05, 3.63) is 51.7 Å². The molecule has 1 N–H and O–H groups in total. The fourth-order valence-corrected chi connectivity index (χ4v) is 3.78. The molecule has 1 unspecified atom stereocenters. The standard InChI is InChI=1S/C14H16ClNS2/c1-2-16-13(11-7-8-17-9-11)10-18-14-6-4-3-5-12(14)15/h3-9,13,16H,2,10H2,1H3. The van der Waals surface area contributed by atoms with Gasteiger partial charge in [-0.25, -0.2) is 0 Å². The molecule has 0 amide bonds. The zero-order valence-electron chi connectivity index (χ0n) is 10.2. The molecule has 2 rings (SSSR count). The van der Waals surface area contributed by atoms with Crippen LogP contribution in [-0.2, 0) is 0 Å². The lowest BCUT2D eigenvalue weighted by atomic mass is 10.2. The van der Waals surface area contributed by atoms with Crippen molar-refractivity contribution in [2.45, 2.75) is 17.9 Å². The maximum Gasteiger partial charge on any atom is 0.0541 e. The van der Waals surface area contributed by atoms with E-state index in [0.29, 0.717) is 6.04 Å². The minimum atomic E-state index is 0.391. The molecule has 0 aliphatic carbocycles. The highest BCUT2D eigenvalue weighted by atomic mass is 35.5. The van der Waals surface area contributed by atoms with Crippen molar-refractivity contribution < 1.29 is 0 Å². The summed E-state index contributed by atoms with van der Waals surface area (Å²) in [7, 11) is 0. The van der Waals surface area contributed by atoms with Gasteiger partial charge in [-0.15, -0.1) is 11.8 Å². The van der Waals surface area contributed by atoms with Crippen molar-refractivity contribution in [3.63, 3.8) is 0 Å². The molecule has 0 saturated carbocycles. The number of rotatable bonds is 6. The van der Waals surface area contributed by atoms with Gasteiger partial charge in [0.1, 0.15) is 0 Å². The third-order valence-electron chi connectivity index (χ3n) is 2.64. The smallest absolute Gasteiger partial charge is 0.0541 e. The van der Waals surface area contributed by atoms with Crippen LogP contribution in [0.5, 0.6) is 0 Å². The summed E-state index contributed by atoms with van der Waals surface area (Å²) in [6, 6.07) is 10.6. The highest BCUT2D eigenvalue weighted by Crippen LogP contribution is 2.30. The van der Waals surface area contributed by atoms with Gasteiger partial charge in [0.05, 0.1) is 5.02 Å². The average Bonchev–Trinajstić information content (AvgIpc) is 2.90. The molecule has 0 aliphatic heterocycles. The van der Waals surface area contributed by atoms with E-state index in [0.717, 1.165) is 22.2 Å². The highest BCUT2D eigenvalue weighted by molar-refractivity contribution is 7.99. The van der Waals surface area contributed by atoms with E-state index in [1.165, 1.54) is 5.56 Å². The van der Waals surface area contributed by atoms with Gasteiger partial charge in [0, 0.05) is 16.7 Å². The van der Waals surface area contributed by atoms with Crippen LogP contribution in [0.1, 0.15) is 18.5 Å². The Bertz CT molecular complexity index is 470. The predicted octanol–water partition coefficient (Wildman–Crippen LogP) is 4.84. The predicted molar refractivity (Wildman–Crippen MR) is 82.9 cm³/mol. The SMILES string of the molecule is CCNC(CSc1ccccc1Cl)c1ccsc1. The minimum absolute atomic E-state index is 0.391. The van der Waals surface area contributed by atoms with Crippen LogP contribution in [0.2, 0.25) is 5.02 Å². The van der Waals surface area contributed by atoms with E-state index in [4.69, 9.17) is 11.6 Å². The molecule has 2 aromatic rings. The zero-order valence-corrected chi connectivity index (χ0v) is 12.6. The Morgan fingerprint density at radius 2 is 2.17 bits per heavy atom. The van der Waals surface area contributed by atoms with Gasteiger partial charge in [-0.3, -0.25) is 0 Å². The Morgan fingerprint density at radius 3 is 2.83 bits per heavy atom. The summed E-state index contributed by atoms with van der Waals surface area (Å²) in [5.41, 5.74) is 1.36. The highest BCUT2D eigenvalue weighted by Gasteiger charge is 2.11. The number of hydrogen-bond donors (Lipinski definition) is 1. The normalized spacial score (nSPS) is 12.6. The first-order valence-corrected chi connectivity index (χ1v) is 8.24. The first kappa shape index (κ1) is 13.9. The van der Waals surface area contributed by atoms with Crippen LogP contribution in [0.15, 0.2) is 46.0 Å². The molecule has 0 spiro atoms. The van der Waals surface area contributed by atoms with Crippen LogP contribution in [0.25, 0.3) is 0 Å². The van der Waals surface area contributed by atoms with Gasteiger partial charge in [-0.1, -0.05) is 30.7 Å². The molecule has 0 bridgehead atoms. The lowest BCUT2D eigenvalue weighted by Gasteiger charge is -2.16. The van der Waals surface area contributed by atoms with E-state index in [1.807, 2.05) is 18.2 Å². The molecule has 0 radical (unpaired) electrons. The molecule has 1 aromatic carbocycles. The van der Waals surface area contributed by atoms with Gasteiger partial charge in [-0.2, -0.15) is 11.3 Å². The fourth-order valence-electron chi connectivity index (χ4n) is 1.73. The van der Waals surface area contributed by atoms with Crippen LogP contribution < -0.4 is 5.32 Å². The van der Waals surface area contributed by atoms with Crippen molar-refractivity contribution in [2.75, 3.05) is 12.3 Å². The summed E-state index contributed by atoms with van der Waals surface area (Å²) >= 11 is 9.72. The molecule has 1 heterocycles. The lowest BCUT2D eigenvalue weighted by molar-refractivity contribution is 0.608. The zero-order chi connectivity index (χ0) is 12.8. The quantitative estimate of drug-likeness (QED) is 0.765. The van der Waals surface area contributed by atoms with Crippen molar-refractivity contribution in [3.8, 4) is 0 Å². The fraction of sp³-hybridized carbons (Fsp3) is 0.286. The summed E-state index contributed by atoms with van der Waals surface area (Å²) in [6.07, 6.45) is 0. The molecule has 18 heavy (non-hydrogen) atoms. The van der Waals surface area contributed by atoms with Crippen molar-refractivity contribution in [1.29, 1.82) is 0 Å². The van der Waals surface area contributed by atoms with Gasteiger partial charge in [-0.05, 0) is 41.1 Å². The molecule has 1 atom stereocenters. The summed E-state index contributed by atoms with van der Waals surface area (Å²) in [5.74, 6) is 0.994. The lowest BCUT2D eigenvalue weighted by Crippen LogP contribution is -2.22. The Labute approximate surface area is 122 Å². The Hall–Kier alpha value is -0.480. The second kappa shape index (κ2) is 7.19. The summed E-state index contributed by atoms with van der Waals surface area (Å²) < 4.78 is 0. The first-order chi connectivity index (χ1) is 8.81. The molecule has 1 nitrogen and oxygen atoms in total. The van der Waals surface area contributed by atoms with E-state index >= 15 is 0 Å². The van der Waals surface area contributed by atoms with Crippen LogP contribution in [0, 0.1) is 0 Å². The van der Waals surface area contributed by atoms with Gasteiger partial charge in [0.25, 0.3) is 0 Å². The number of halogens is 1. The molecule has 96 valence electrons. The van der Waals surface area contributed by atoms with Crippen molar-refractivity contribution in [1.82, 2.24) is 5.32 Å². The maximum atomic E-state index is 6.17. The second-order valence-electron chi connectivity index (χ2n) is 3.91. The molecule has 4 heteroatoms. The van der Waals surface area contributed by atoms with Gasteiger partial charge < -0.3 is 5.32 Å². The van der Waals surface area contributed by atoms with Gasteiger partial charge in [0.2, 0.25) is 0 Å². The number of benzene rings is 1. The van der Waals surface area contributed by atoms with Crippen LogP contribution in [0.4, 0.5) is 0 Å². The van der Waals surface area contributed by atoms with E-state index in [-0.39, 0.29) is 0 Å². The van der Waals surface area contributed by atoms with Gasteiger partial charge >= 0.3 is 0 Å².